The Bertz CT molecular complexity index is 1350. The Kier molecular flexibility index (Phi) is 5.41. The Balaban J connectivity index is 1.48. The second kappa shape index (κ2) is 8.01. The van der Waals surface area contributed by atoms with Crippen LogP contribution < -0.4 is 10.5 Å². The number of para-hydroxylation sites is 1. The molecule has 0 radical (unpaired) electrons. The van der Waals surface area contributed by atoms with E-state index in [-0.39, 0.29) is 16.6 Å². The van der Waals surface area contributed by atoms with E-state index in [1.807, 2.05) is 31.2 Å². The Morgan fingerprint density at radius 1 is 1.13 bits per heavy atom. The van der Waals surface area contributed by atoms with Crippen molar-refractivity contribution in [2.24, 2.45) is 5.14 Å². The standard InChI is InChI=1S/C19H18N6O3S2/c1-2-25-15-6-4-3-5-14(15)17-18(25)22-19(24-23-17)29-11-16(26)21-12-7-9-13(10-8-12)30(20,27)28/h3-10H,2,11H2,1H3,(H,21,26)(H2,20,27,28). The fourth-order valence-corrected chi connectivity index (χ4v) is 4.22. The number of thioether (sulfide) groups is 1. The number of primary sulfonamides is 1. The molecule has 0 atom stereocenters. The molecular weight excluding hydrogens is 424 g/mol. The summed E-state index contributed by atoms with van der Waals surface area (Å²) in [5.74, 6) is -0.195. The highest BCUT2D eigenvalue weighted by atomic mass is 32.2. The number of sulfonamides is 1. The maximum atomic E-state index is 12.2. The fraction of sp³-hybridized carbons (Fsp3) is 0.158. The number of fused-ring (bicyclic) bond motifs is 3. The number of hydrogen-bond acceptors (Lipinski definition) is 7. The molecule has 0 aliphatic carbocycles. The minimum absolute atomic E-state index is 0.0195. The van der Waals surface area contributed by atoms with Gasteiger partial charge in [0.1, 0.15) is 5.52 Å². The van der Waals surface area contributed by atoms with Crippen LogP contribution >= 0.6 is 11.8 Å². The minimum atomic E-state index is -3.77. The van der Waals surface area contributed by atoms with Crippen molar-refractivity contribution in [1.29, 1.82) is 0 Å². The van der Waals surface area contributed by atoms with Crippen LogP contribution in [-0.2, 0) is 21.4 Å². The number of rotatable bonds is 6. The lowest BCUT2D eigenvalue weighted by Gasteiger charge is -2.06. The second-order valence-electron chi connectivity index (χ2n) is 6.43. The summed E-state index contributed by atoms with van der Waals surface area (Å²) in [5.41, 5.74) is 2.97. The summed E-state index contributed by atoms with van der Waals surface area (Å²) in [6, 6.07) is 13.6. The first kappa shape index (κ1) is 20.3. The predicted octanol–water partition coefficient (Wildman–Crippen LogP) is 2.38. The monoisotopic (exact) mass is 442 g/mol. The van der Waals surface area contributed by atoms with Crippen LogP contribution in [0.3, 0.4) is 0 Å². The van der Waals surface area contributed by atoms with Gasteiger partial charge in [0, 0.05) is 17.6 Å². The third kappa shape index (κ3) is 3.99. The van der Waals surface area contributed by atoms with Gasteiger partial charge in [-0.1, -0.05) is 30.0 Å². The number of nitrogens with zero attached hydrogens (tertiary/aromatic N) is 4. The maximum absolute atomic E-state index is 12.2. The first-order valence-corrected chi connectivity index (χ1v) is 11.6. The van der Waals surface area contributed by atoms with Crippen molar-refractivity contribution >= 4 is 55.4 Å². The normalized spacial score (nSPS) is 11.8. The van der Waals surface area contributed by atoms with Gasteiger partial charge in [-0.25, -0.2) is 18.5 Å². The zero-order valence-corrected chi connectivity index (χ0v) is 17.6. The van der Waals surface area contributed by atoms with E-state index in [4.69, 9.17) is 5.14 Å². The molecule has 9 nitrogen and oxygen atoms in total. The number of hydrogen-bond donors (Lipinski definition) is 2. The van der Waals surface area contributed by atoms with Crippen LogP contribution in [-0.4, -0.2) is 39.8 Å². The SMILES string of the molecule is CCn1c2ccccc2c2nnc(SCC(=O)Nc3ccc(S(N)(=O)=O)cc3)nc21. The highest BCUT2D eigenvalue weighted by Crippen LogP contribution is 2.27. The van der Waals surface area contributed by atoms with Gasteiger partial charge in [0.2, 0.25) is 21.1 Å². The van der Waals surface area contributed by atoms with Gasteiger partial charge in [0.25, 0.3) is 0 Å². The first-order valence-electron chi connectivity index (χ1n) is 9.04. The van der Waals surface area contributed by atoms with E-state index in [0.717, 1.165) is 28.6 Å². The van der Waals surface area contributed by atoms with Crippen LogP contribution in [0.5, 0.6) is 0 Å². The second-order valence-corrected chi connectivity index (χ2v) is 8.94. The summed E-state index contributed by atoms with van der Waals surface area (Å²) in [7, 11) is -3.77. The van der Waals surface area contributed by atoms with Gasteiger partial charge in [-0.15, -0.1) is 10.2 Å². The molecule has 11 heteroatoms. The summed E-state index contributed by atoms with van der Waals surface area (Å²) in [5, 5.41) is 17.6. The van der Waals surface area contributed by atoms with E-state index in [9.17, 15) is 13.2 Å². The summed E-state index contributed by atoms with van der Waals surface area (Å²) in [6.07, 6.45) is 0. The highest BCUT2D eigenvalue weighted by Gasteiger charge is 2.15. The molecule has 30 heavy (non-hydrogen) atoms. The topological polar surface area (TPSA) is 133 Å². The Labute approximate surface area is 176 Å². The van der Waals surface area contributed by atoms with E-state index in [2.05, 4.69) is 25.1 Å². The molecule has 4 aromatic rings. The molecule has 0 saturated carbocycles. The molecule has 3 N–H and O–H groups in total. The van der Waals surface area contributed by atoms with Crippen molar-refractivity contribution in [2.45, 2.75) is 23.5 Å². The molecule has 0 aliphatic heterocycles. The molecule has 154 valence electrons. The number of carbonyl (C=O) groups is 1. The lowest BCUT2D eigenvalue weighted by molar-refractivity contribution is -0.113. The molecule has 0 saturated heterocycles. The van der Waals surface area contributed by atoms with Crippen LogP contribution in [0.15, 0.2) is 58.6 Å². The average molecular weight is 443 g/mol. The number of benzene rings is 2. The van der Waals surface area contributed by atoms with Crippen molar-refractivity contribution in [1.82, 2.24) is 19.7 Å². The maximum Gasteiger partial charge on any atom is 0.238 e. The van der Waals surface area contributed by atoms with Crippen molar-refractivity contribution in [3.05, 3.63) is 48.5 Å². The number of nitrogens with one attached hydrogen (secondary N) is 1. The molecule has 2 aromatic carbocycles. The van der Waals surface area contributed by atoms with E-state index in [1.165, 1.54) is 36.0 Å². The number of aromatic nitrogens is 4. The molecular formula is C19H18N6O3S2. The average Bonchev–Trinajstić information content (AvgIpc) is 3.05. The molecule has 4 rings (SSSR count). The summed E-state index contributed by atoms with van der Waals surface area (Å²) < 4.78 is 24.6. The number of aryl methyl sites for hydroxylation is 1. The molecule has 0 bridgehead atoms. The zero-order valence-electron chi connectivity index (χ0n) is 15.9. The number of nitrogens with two attached hydrogens (primary N) is 1. The molecule has 2 aromatic heterocycles. The fourth-order valence-electron chi connectivity index (χ4n) is 3.13. The quantitative estimate of drug-likeness (QED) is 0.438. The van der Waals surface area contributed by atoms with E-state index >= 15 is 0 Å². The smallest absolute Gasteiger partial charge is 0.238 e. The lowest BCUT2D eigenvalue weighted by atomic mass is 10.2. The van der Waals surface area contributed by atoms with Gasteiger partial charge >= 0.3 is 0 Å². The van der Waals surface area contributed by atoms with Gasteiger partial charge in [0.05, 0.1) is 16.2 Å². The van der Waals surface area contributed by atoms with E-state index < -0.39 is 10.0 Å². The first-order chi connectivity index (χ1) is 14.4. The molecule has 0 spiro atoms. The van der Waals surface area contributed by atoms with Gasteiger partial charge in [-0.05, 0) is 37.3 Å². The van der Waals surface area contributed by atoms with Crippen LogP contribution in [0.1, 0.15) is 6.92 Å². The molecule has 0 fully saturated rings. The van der Waals surface area contributed by atoms with Crippen molar-refractivity contribution in [3.63, 3.8) is 0 Å². The number of anilines is 1. The Morgan fingerprint density at radius 2 is 1.87 bits per heavy atom. The van der Waals surface area contributed by atoms with Gasteiger partial charge < -0.3 is 9.88 Å². The van der Waals surface area contributed by atoms with Crippen LogP contribution in [0.4, 0.5) is 5.69 Å². The van der Waals surface area contributed by atoms with Crippen LogP contribution in [0.25, 0.3) is 22.1 Å². The Hall–Kier alpha value is -3.02. The highest BCUT2D eigenvalue weighted by molar-refractivity contribution is 7.99. The molecule has 1 amide bonds. The third-order valence-corrected chi connectivity index (χ3v) is 6.24. The largest absolute Gasteiger partial charge is 0.325 e. The summed E-state index contributed by atoms with van der Waals surface area (Å²) in [6.45, 7) is 2.78. The van der Waals surface area contributed by atoms with Gasteiger partial charge in [0.15, 0.2) is 5.65 Å². The van der Waals surface area contributed by atoms with Crippen molar-refractivity contribution in [3.8, 4) is 0 Å². The zero-order chi connectivity index (χ0) is 21.3. The lowest BCUT2D eigenvalue weighted by Crippen LogP contribution is -2.15. The van der Waals surface area contributed by atoms with Crippen molar-refractivity contribution < 1.29 is 13.2 Å². The molecule has 0 unspecified atom stereocenters. The van der Waals surface area contributed by atoms with Gasteiger partial charge in [-0.2, -0.15) is 0 Å². The predicted molar refractivity (Wildman–Crippen MR) is 116 cm³/mol. The molecule has 2 heterocycles. The van der Waals surface area contributed by atoms with E-state index in [1.54, 1.807) is 0 Å². The Morgan fingerprint density at radius 3 is 2.57 bits per heavy atom. The summed E-state index contributed by atoms with van der Waals surface area (Å²) in [4.78, 5) is 16.8. The number of carbonyl (C=O) groups excluding carboxylic acids is 1. The van der Waals surface area contributed by atoms with Crippen LogP contribution in [0.2, 0.25) is 0 Å². The minimum Gasteiger partial charge on any atom is -0.325 e. The summed E-state index contributed by atoms with van der Waals surface area (Å²) >= 11 is 1.17. The van der Waals surface area contributed by atoms with Crippen LogP contribution in [0, 0.1) is 0 Å². The molecule has 0 aliphatic rings. The van der Waals surface area contributed by atoms with Crippen molar-refractivity contribution in [2.75, 3.05) is 11.1 Å². The van der Waals surface area contributed by atoms with E-state index in [0.29, 0.717) is 10.8 Å². The van der Waals surface area contributed by atoms with Gasteiger partial charge in [-0.3, -0.25) is 4.79 Å². The third-order valence-electron chi connectivity index (χ3n) is 4.47. The number of amides is 1.